The lowest BCUT2D eigenvalue weighted by atomic mass is 10.6. The molecule has 1 fully saturated rings. The molecular weight excluding hydrogens is 136 g/mol. The molecule has 3 N–H and O–H groups in total. The number of nitrogens with one attached hydrogen (secondary N) is 1. The Morgan fingerprint density at radius 1 is 1.89 bits per heavy atom. The summed E-state index contributed by atoms with van der Waals surface area (Å²) in [6, 6.07) is 0. The van der Waals surface area contributed by atoms with Crippen molar-refractivity contribution in [3.05, 3.63) is 11.1 Å². The number of rotatable bonds is 1. The highest BCUT2D eigenvalue weighted by Gasteiger charge is 2.05. The van der Waals surface area contributed by atoms with Gasteiger partial charge in [0.25, 0.3) is 0 Å². The van der Waals surface area contributed by atoms with E-state index in [1.165, 1.54) is 6.08 Å². The zero-order valence-electron chi connectivity index (χ0n) is 4.89. The third-order valence-electron chi connectivity index (χ3n) is 0.932. The lowest BCUT2D eigenvalue weighted by Gasteiger charge is -1.91. The van der Waals surface area contributed by atoms with Crippen LogP contribution >= 0.6 is 11.8 Å². The van der Waals surface area contributed by atoms with Gasteiger partial charge in [-0.05, 0) is 0 Å². The van der Waals surface area contributed by atoms with Gasteiger partial charge in [-0.15, -0.1) is 11.8 Å². The molecule has 0 atom stereocenters. The summed E-state index contributed by atoms with van der Waals surface area (Å²) in [7, 11) is 0. The highest BCUT2D eigenvalue weighted by Crippen LogP contribution is 2.16. The van der Waals surface area contributed by atoms with E-state index in [0.29, 0.717) is 0 Å². The molecule has 0 unspecified atom stereocenters. The van der Waals surface area contributed by atoms with Gasteiger partial charge in [0, 0.05) is 18.4 Å². The number of thioether (sulfide) groups is 1. The highest BCUT2D eigenvalue weighted by atomic mass is 32.2. The number of amides is 1. The van der Waals surface area contributed by atoms with Crippen LogP contribution in [0.25, 0.3) is 0 Å². The third-order valence-corrected chi connectivity index (χ3v) is 1.91. The zero-order chi connectivity index (χ0) is 6.69. The van der Waals surface area contributed by atoms with Gasteiger partial charge in [-0.2, -0.15) is 0 Å². The average Bonchev–Trinajstić information content (AvgIpc) is 2.15. The standard InChI is InChI=1S/C5H8N2OS/c6-4(8)3-5-7-1-2-9-5/h3,7H,1-2H2,(H2,6,8). The molecule has 50 valence electrons. The predicted molar refractivity (Wildman–Crippen MR) is 37.7 cm³/mol. The summed E-state index contributed by atoms with van der Waals surface area (Å²) in [5.41, 5.74) is 4.90. The Hall–Kier alpha value is -0.640. The molecule has 1 aliphatic heterocycles. The van der Waals surface area contributed by atoms with E-state index >= 15 is 0 Å². The lowest BCUT2D eigenvalue weighted by Crippen LogP contribution is -2.11. The quantitative estimate of drug-likeness (QED) is 0.494. The summed E-state index contributed by atoms with van der Waals surface area (Å²) in [5, 5.41) is 3.90. The second kappa shape index (κ2) is 2.77. The summed E-state index contributed by atoms with van der Waals surface area (Å²) in [5.74, 6) is 0.644. The Kier molecular flexibility index (Phi) is 2.00. The largest absolute Gasteiger partial charge is 0.379 e. The van der Waals surface area contributed by atoms with Crippen LogP contribution in [0.1, 0.15) is 0 Å². The van der Waals surface area contributed by atoms with E-state index in [2.05, 4.69) is 5.32 Å². The molecule has 0 aromatic carbocycles. The second-order valence-corrected chi connectivity index (χ2v) is 2.82. The molecule has 0 aromatic rings. The number of nitrogens with two attached hydrogens (primary N) is 1. The number of hydrogen-bond donors (Lipinski definition) is 2. The van der Waals surface area contributed by atoms with Gasteiger partial charge in [-0.25, -0.2) is 0 Å². The van der Waals surface area contributed by atoms with Gasteiger partial charge in [0.2, 0.25) is 5.91 Å². The van der Waals surface area contributed by atoms with E-state index in [-0.39, 0.29) is 5.91 Å². The molecule has 9 heavy (non-hydrogen) atoms. The van der Waals surface area contributed by atoms with E-state index in [1.54, 1.807) is 11.8 Å². The molecule has 3 nitrogen and oxygen atoms in total. The van der Waals surface area contributed by atoms with Gasteiger partial charge < -0.3 is 11.1 Å². The van der Waals surface area contributed by atoms with Crippen molar-refractivity contribution in [2.75, 3.05) is 12.3 Å². The maximum Gasteiger partial charge on any atom is 0.244 e. The van der Waals surface area contributed by atoms with Gasteiger partial charge >= 0.3 is 0 Å². The fourth-order valence-corrected chi connectivity index (χ4v) is 1.44. The average molecular weight is 144 g/mol. The Labute approximate surface area is 57.7 Å². The smallest absolute Gasteiger partial charge is 0.244 e. The monoisotopic (exact) mass is 144 g/mol. The number of hydrogen-bond acceptors (Lipinski definition) is 3. The van der Waals surface area contributed by atoms with E-state index < -0.39 is 0 Å². The van der Waals surface area contributed by atoms with Crippen molar-refractivity contribution in [1.29, 1.82) is 0 Å². The molecule has 1 rings (SSSR count). The predicted octanol–water partition coefficient (Wildman–Crippen LogP) is -0.351. The number of primary amides is 1. The first-order valence-corrected chi connectivity index (χ1v) is 3.65. The first-order valence-electron chi connectivity index (χ1n) is 2.67. The molecule has 0 aromatic heterocycles. The number of carbonyl (C=O) groups is 1. The summed E-state index contributed by atoms with van der Waals surface area (Å²) in [4.78, 5) is 10.2. The Morgan fingerprint density at radius 3 is 3.11 bits per heavy atom. The van der Waals surface area contributed by atoms with Crippen LogP contribution in [0.5, 0.6) is 0 Å². The molecule has 0 aliphatic carbocycles. The van der Waals surface area contributed by atoms with Crippen molar-refractivity contribution in [3.8, 4) is 0 Å². The van der Waals surface area contributed by atoms with Gasteiger partial charge in [0.05, 0.1) is 5.03 Å². The van der Waals surface area contributed by atoms with Crippen LogP contribution < -0.4 is 11.1 Å². The van der Waals surface area contributed by atoms with Crippen LogP contribution in [0.15, 0.2) is 11.1 Å². The molecule has 1 heterocycles. The Morgan fingerprint density at radius 2 is 2.67 bits per heavy atom. The summed E-state index contributed by atoms with van der Waals surface area (Å²) in [6.45, 7) is 0.934. The zero-order valence-corrected chi connectivity index (χ0v) is 5.70. The van der Waals surface area contributed by atoms with Crippen LogP contribution in [-0.2, 0) is 4.79 Å². The molecule has 1 aliphatic rings. The first-order chi connectivity index (χ1) is 4.29. The van der Waals surface area contributed by atoms with Crippen molar-refractivity contribution < 1.29 is 4.79 Å². The van der Waals surface area contributed by atoms with Crippen molar-refractivity contribution in [2.45, 2.75) is 0 Å². The van der Waals surface area contributed by atoms with Crippen molar-refractivity contribution in [2.24, 2.45) is 5.73 Å². The number of carbonyl (C=O) groups excluding carboxylic acids is 1. The summed E-state index contributed by atoms with van der Waals surface area (Å²) < 4.78 is 0. The molecule has 0 spiro atoms. The maximum absolute atomic E-state index is 10.2. The molecule has 0 bridgehead atoms. The summed E-state index contributed by atoms with van der Waals surface area (Å²) >= 11 is 1.62. The van der Waals surface area contributed by atoms with Crippen LogP contribution in [0.2, 0.25) is 0 Å². The van der Waals surface area contributed by atoms with Crippen LogP contribution in [0, 0.1) is 0 Å². The Bertz CT molecular complexity index is 147. The Balaban J connectivity index is 2.49. The van der Waals surface area contributed by atoms with E-state index in [9.17, 15) is 4.79 Å². The molecule has 4 heteroatoms. The fourth-order valence-electron chi connectivity index (χ4n) is 0.608. The van der Waals surface area contributed by atoms with E-state index in [1.807, 2.05) is 0 Å². The van der Waals surface area contributed by atoms with Gasteiger partial charge in [-0.1, -0.05) is 0 Å². The summed E-state index contributed by atoms with van der Waals surface area (Å²) in [6.07, 6.45) is 1.41. The van der Waals surface area contributed by atoms with E-state index in [0.717, 1.165) is 17.3 Å². The second-order valence-electron chi connectivity index (χ2n) is 1.69. The SMILES string of the molecule is NC(=O)C=C1NCCS1. The lowest BCUT2D eigenvalue weighted by molar-refractivity contribution is -0.113. The van der Waals surface area contributed by atoms with Gasteiger partial charge in [0.15, 0.2) is 0 Å². The minimum absolute atomic E-state index is 0.382. The fraction of sp³-hybridized carbons (Fsp3) is 0.400. The van der Waals surface area contributed by atoms with Crippen molar-refractivity contribution >= 4 is 17.7 Å². The molecule has 0 radical (unpaired) electrons. The highest BCUT2D eigenvalue weighted by molar-refractivity contribution is 8.03. The molecule has 1 amide bonds. The van der Waals surface area contributed by atoms with Crippen molar-refractivity contribution in [3.63, 3.8) is 0 Å². The van der Waals surface area contributed by atoms with Crippen molar-refractivity contribution in [1.82, 2.24) is 5.32 Å². The van der Waals surface area contributed by atoms with Gasteiger partial charge in [-0.3, -0.25) is 4.79 Å². The minimum atomic E-state index is -0.382. The van der Waals surface area contributed by atoms with Crippen LogP contribution in [0.4, 0.5) is 0 Å². The van der Waals surface area contributed by atoms with Crippen LogP contribution in [-0.4, -0.2) is 18.2 Å². The first kappa shape index (κ1) is 6.48. The molecular formula is C5H8N2OS. The minimum Gasteiger partial charge on any atom is -0.379 e. The maximum atomic E-state index is 10.2. The normalized spacial score (nSPS) is 22.0. The topological polar surface area (TPSA) is 55.1 Å². The molecule has 0 saturated carbocycles. The molecule has 1 saturated heterocycles. The van der Waals surface area contributed by atoms with Gasteiger partial charge in [0.1, 0.15) is 0 Å². The van der Waals surface area contributed by atoms with Crippen LogP contribution in [0.3, 0.4) is 0 Å². The van der Waals surface area contributed by atoms with E-state index in [4.69, 9.17) is 5.73 Å². The third kappa shape index (κ3) is 1.97.